The average Bonchev–Trinajstić information content (AvgIpc) is 2.61. The van der Waals surface area contributed by atoms with Gasteiger partial charge in [-0.15, -0.1) is 11.8 Å². The van der Waals surface area contributed by atoms with Crippen molar-refractivity contribution in [1.82, 2.24) is 4.98 Å². The molecule has 0 aliphatic heterocycles. The average molecular weight is 326 g/mol. The van der Waals surface area contributed by atoms with Gasteiger partial charge >= 0.3 is 0 Å². The van der Waals surface area contributed by atoms with Crippen LogP contribution < -0.4 is 14.8 Å². The van der Waals surface area contributed by atoms with Gasteiger partial charge < -0.3 is 14.8 Å². The Bertz CT molecular complexity index is 819. The van der Waals surface area contributed by atoms with Crippen LogP contribution in [-0.2, 0) is 0 Å². The molecule has 0 unspecified atom stereocenters. The molecule has 23 heavy (non-hydrogen) atoms. The maximum atomic E-state index is 5.40. The molecule has 0 aliphatic carbocycles. The minimum atomic E-state index is 0.689. The maximum absolute atomic E-state index is 5.40. The van der Waals surface area contributed by atoms with Crippen LogP contribution >= 0.6 is 11.8 Å². The second-order valence-corrected chi connectivity index (χ2v) is 5.82. The Hall–Kier alpha value is -2.40. The molecule has 0 atom stereocenters. The van der Waals surface area contributed by atoms with Gasteiger partial charge in [0.05, 0.1) is 14.2 Å². The molecular formula is C18H18N2O2S. The molecule has 0 radical (unpaired) electrons. The fraction of sp³-hybridized carbons (Fsp3) is 0.167. The first-order chi connectivity index (χ1) is 11.2. The highest BCUT2D eigenvalue weighted by atomic mass is 32.2. The zero-order valence-corrected chi connectivity index (χ0v) is 14.1. The van der Waals surface area contributed by atoms with E-state index in [9.17, 15) is 0 Å². The lowest BCUT2D eigenvalue weighted by atomic mass is 10.1. The summed E-state index contributed by atoms with van der Waals surface area (Å²) in [4.78, 5) is 5.69. The number of aromatic nitrogens is 1. The minimum absolute atomic E-state index is 0.689. The summed E-state index contributed by atoms with van der Waals surface area (Å²) in [6.45, 7) is 0. The van der Waals surface area contributed by atoms with Crippen molar-refractivity contribution in [2.45, 2.75) is 4.90 Å². The van der Waals surface area contributed by atoms with Gasteiger partial charge in [0.15, 0.2) is 11.5 Å². The quantitative estimate of drug-likeness (QED) is 0.687. The fourth-order valence-corrected chi connectivity index (χ4v) is 2.82. The number of pyridine rings is 1. The molecule has 0 bridgehead atoms. The van der Waals surface area contributed by atoms with Crippen molar-refractivity contribution < 1.29 is 9.47 Å². The lowest BCUT2D eigenvalue weighted by molar-refractivity contribution is 0.356. The molecule has 2 aromatic carbocycles. The summed E-state index contributed by atoms with van der Waals surface area (Å²) >= 11 is 1.72. The van der Waals surface area contributed by atoms with Crippen LogP contribution in [-0.4, -0.2) is 25.5 Å². The smallest absolute Gasteiger partial charge is 0.161 e. The molecule has 1 N–H and O–H groups in total. The van der Waals surface area contributed by atoms with Crippen molar-refractivity contribution in [1.29, 1.82) is 0 Å². The highest BCUT2D eigenvalue weighted by Crippen LogP contribution is 2.35. The number of anilines is 2. The van der Waals surface area contributed by atoms with E-state index in [1.807, 2.05) is 30.3 Å². The molecular weight excluding hydrogens is 308 g/mol. The Morgan fingerprint density at radius 2 is 1.65 bits per heavy atom. The Labute approximate surface area is 139 Å². The van der Waals surface area contributed by atoms with Gasteiger partial charge in [-0.25, -0.2) is 4.98 Å². The van der Waals surface area contributed by atoms with Crippen LogP contribution in [0.25, 0.3) is 10.8 Å². The van der Waals surface area contributed by atoms with Crippen LogP contribution in [0.3, 0.4) is 0 Å². The molecule has 4 nitrogen and oxygen atoms in total. The molecule has 1 heterocycles. The van der Waals surface area contributed by atoms with E-state index in [1.165, 1.54) is 4.90 Å². The topological polar surface area (TPSA) is 43.4 Å². The monoisotopic (exact) mass is 326 g/mol. The summed E-state index contributed by atoms with van der Waals surface area (Å²) in [5, 5.41) is 5.40. The van der Waals surface area contributed by atoms with E-state index in [0.29, 0.717) is 11.5 Å². The summed E-state index contributed by atoms with van der Waals surface area (Å²) in [7, 11) is 3.27. The number of nitrogens with zero attached hydrogens (tertiary/aromatic N) is 1. The Morgan fingerprint density at radius 1 is 0.957 bits per heavy atom. The number of benzene rings is 2. The van der Waals surface area contributed by atoms with Crippen LogP contribution in [0.5, 0.6) is 11.5 Å². The molecule has 0 spiro atoms. The molecule has 0 fully saturated rings. The van der Waals surface area contributed by atoms with Crippen molar-refractivity contribution in [2.24, 2.45) is 0 Å². The predicted octanol–water partition coefficient (Wildman–Crippen LogP) is 4.72. The maximum Gasteiger partial charge on any atom is 0.161 e. The first-order valence-electron chi connectivity index (χ1n) is 7.17. The van der Waals surface area contributed by atoms with Crippen LogP contribution in [0.1, 0.15) is 0 Å². The van der Waals surface area contributed by atoms with Crippen LogP contribution in [0.4, 0.5) is 11.5 Å². The summed E-state index contributed by atoms with van der Waals surface area (Å²) in [6.07, 6.45) is 3.85. The largest absolute Gasteiger partial charge is 0.493 e. The van der Waals surface area contributed by atoms with E-state index in [-0.39, 0.29) is 0 Å². The summed E-state index contributed by atoms with van der Waals surface area (Å²) in [5.41, 5.74) is 0.998. The van der Waals surface area contributed by atoms with Crippen LogP contribution in [0.15, 0.2) is 53.6 Å². The second kappa shape index (κ2) is 6.79. The predicted molar refractivity (Wildman–Crippen MR) is 96.4 cm³/mol. The molecule has 3 aromatic rings. The normalized spacial score (nSPS) is 10.6. The number of ether oxygens (including phenoxy) is 2. The van der Waals surface area contributed by atoms with Gasteiger partial charge in [0.25, 0.3) is 0 Å². The van der Waals surface area contributed by atoms with Gasteiger partial charge in [0.2, 0.25) is 0 Å². The number of fused-ring (bicyclic) bond motifs is 1. The highest BCUT2D eigenvalue weighted by molar-refractivity contribution is 7.98. The molecule has 118 valence electrons. The fourth-order valence-electron chi connectivity index (χ4n) is 2.41. The standard InChI is InChI=1S/C18H18N2O2S/c1-21-16-10-12-8-9-19-18(15(12)11-17(16)22-2)20-13-4-6-14(23-3)7-5-13/h4-11H,1-3H3,(H,19,20). The van der Waals surface area contributed by atoms with Crippen LogP contribution in [0.2, 0.25) is 0 Å². The van der Waals surface area contributed by atoms with E-state index in [1.54, 1.807) is 32.2 Å². The molecule has 5 heteroatoms. The van der Waals surface area contributed by atoms with Crippen molar-refractivity contribution in [3.05, 3.63) is 48.7 Å². The zero-order valence-electron chi connectivity index (χ0n) is 13.3. The number of hydrogen-bond acceptors (Lipinski definition) is 5. The first kappa shape index (κ1) is 15.5. The van der Waals surface area contributed by atoms with Crippen LogP contribution in [0, 0.1) is 0 Å². The summed E-state index contributed by atoms with van der Waals surface area (Å²) in [5.74, 6) is 2.19. The molecule has 3 rings (SSSR count). The lowest BCUT2D eigenvalue weighted by Gasteiger charge is -2.12. The SMILES string of the molecule is COc1cc2ccnc(Nc3ccc(SC)cc3)c2cc1OC. The van der Waals surface area contributed by atoms with Gasteiger partial charge in [0, 0.05) is 22.2 Å². The molecule has 0 saturated carbocycles. The van der Waals surface area contributed by atoms with E-state index in [2.05, 4.69) is 28.7 Å². The molecule has 0 saturated heterocycles. The lowest BCUT2D eigenvalue weighted by Crippen LogP contribution is -1.96. The van der Waals surface area contributed by atoms with Gasteiger partial charge in [0.1, 0.15) is 5.82 Å². The first-order valence-corrected chi connectivity index (χ1v) is 8.39. The second-order valence-electron chi connectivity index (χ2n) is 4.94. The number of rotatable bonds is 5. The highest BCUT2D eigenvalue weighted by Gasteiger charge is 2.10. The van der Waals surface area contributed by atoms with E-state index < -0.39 is 0 Å². The third kappa shape index (κ3) is 3.19. The number of thioether (sulfide) groups is 1. The Morgan fingerprint density at radius 3 is 2.30 bits per heavy atom. The molecule has 1 aromatic heterocycles. The number of hydrogen-bond donors (Lipinski definition) is 1. The molecule has 0 amide bonds. The Balaban J connectivity index is 2.02. The zero-order chi connectivity index (χ0) is 16.2. The number of methoxy groups -OCH3 is 2. The van der Waals surface area contributed by atoms with Crippen molar-refractivity contribution in [3.8, 4) is 11.5 Å². The van der Waals surface area contributed by atoms with E-state index in [0.717, 1.165) is 22.3 Å². The molecule has 0 aliphatic rings. The summed E-state index contributed by atoms with van der Waals surface area (Å²) in [6, 6.07) is 14.1. The third-order valence-corrected chi connectivity index (χ3v) is 4.36. The van der Waals surface area contributed by atoms with Crippen molar-refractivity contribution in [2.75, 3.05) is 25.8 Å². The van der Waals surface area contributed by atoms with Gasteiger partial charge in [-0.2, -0.15) is 0 Å². The third-order valence-electron chi connectivity index (χ3n) is 3.62. The Kier molecular flexibility index (Phi) is 4.57. The van der Waals surface area contributed by atoms with Crippen molar-refractivity contribution in [3.63, 3.8) is 0 Å². The van der Waals surface area contributed by atoms with E-state index in [4.69, 9.17) is 9.47 Å². The van der Waals surface area contributed by atoms with Gasteiger partial charge in [-0.05, 0) is 54.1 Å². The number of nitrogens with one attached hydrogen (secondary N) is 1. The van der Waals surface area contributed by atoms with Crippen molar-refractivity contribution >= 4 is 34.0 Å². The van der Waals surface area contributed by atoms with Gasteiger partial charge in [-0.3, -0.25) is 0 Å². The summed E-state index contributed by atoms with van der Waals surface area (Å²) < 4.78 is 10.8. The van der Waals surface area contributed by atoms with E-state index >= 15 is 0 Å². The minimum Gasteiger partial charge on any atom is -0.493 e. The van der Waals surface area contributed by atoms with Gasteiger partial charge in [-0.1, -0.05) is 0 Å².